The number of halogens is 1. The first-order valence-corrected chi connectivity index (χ1v) is 7.54. The number of nitrogens with one attached hydrogen (secondary N) is 2. The second-order valence-corrected chi connectivity index (χ2v) is 6.38. The van der Waals surface area contributed by atoms with Gasteiger partial charge in [0.1, 0.15) is 4.90 Å². The van der Waals surface area contributed by atoms with Gasteiger partial charge >= 0.3 is 0 Å². The SMILES string of the molecule is Cc1[nH]ncc1S(=O)(=O)NC(C)c1cccc(Cl)c1. The average Bonchev–Trinajstić information content (AvgIpc) is 2.75. The average molecular weight is 300 g/mol. The lowest BCUT2D eigenvalue weighted by molar-refractivity contribution is 0.566. The number of nitrogens with zero attached hydrogens (tertiary/aromatic N) is 1. The molecule has 1 aromatic heterocycles. The van der Waals surface area contributed by atoms with E-state index in [0.29, 0.717) is 10.7 Å². The van der Waals surface area contributed by atoms with Crippen LogP contribution in [0.4, 0.5) is 0 Å². The molecule has 0 aliphatic rings. The van der Waals surface area contributed by atoms with Crippen molar-refractivity contribution in [3.63, 3.8) is 0 Å². The van der Waals surface area contributed by atoms with Crippen LogP contribution in [0.25, 0.3) is 0 Å². The normalized spacial score (nSPS) is 13.4. The first-order chi connectivity index (χ1) is 8.90. The maximum atomic E-state index is 12.2. The molecule has 0 spiro atoms. The molecule has 1 heterocycles. The zero-order valence-electron chi connectivity index (χ0n) is 10.5. The molecule has 19 heavy (non-hydrogen) atoms. The minimum atomic E-state index is -3.59. The highest BCUT2D eigenvalue weighted by Gasteiger charge is 2.21. The van der Waals surface area contributed by atoms with Crippen LogP contribution in [0.3, 0.4) is 0 Å². The van der Waals surface area contributed by atoms with Gasteiger partial charge in [0.25, 0.3) is 0 Å². The van der Waals surface area contributed by atoms with E-state index in [9.17, 15) is 8.42 Å². The molecule has 0 aliphatic carbocycles. The summed E-state index contributed by atoms with van der Waals surface area (Å²) in [6, 6.07) is 6.70. The molecular formula is C12H14ClN3O2S. The number of sulfonamides is 1. The molecule has 0 saturated carbocycles. The third-order valence-corrected chi connectivity index (χ3v) is 4.64. The van der Waals surface area contributed by atoms with Gasteiger partial charge in [-0.15, -0.1) is 0 Å². The summed E-state index contributed by atoms with van der Waals surface area (Å²) in [5.74, 6) is 0. The van der Waals surface area contributed by atoms with Gasteiger partial charge in [0.2, 0.25) is 10.0 Å². The highest BCUT2D eigenvalue weighted by Crippen LogP contribution is 2.20. The number of hydrogen-bond acceptors (Lipinski definition) is 3. The molecule has 2 N–H and O–H groups in total. The molecule has 7 heteroatoms. The van der Waals surface area contributed by atoms with E-state index in [0.717, 1.165) is 5.56 Å². The Labute approximate surface area is 117 Å². The molecule has 1 aromatic carbocycles. The number of aryl methyl sites for hydroxylation is 1. The van der Waals surface area contributed by atoms with Crippen LogP contribution in [0.15, 0.2) is 35.4 Å². The van der Waals surface area contributed by atoms with E-state index in [1.807, 2.05) is 6.07 Å². The lowest BCUT2D eigenvalue weighted by atomic mass is 10.1. The zero-order chi connectivity index (χ0) is 14.0. The van der Waals surface area contributed by atoms with E-state index >= 15 is 0 Å². The van der Waals surface area contributed by atoms with Crippen LogP contribution in [0.2, 0.25) is 5.02 Å². The van der Waals surface area contributed by atoms with Crippen molar-refractivity contribution in [2.75, 3.05) is 0 Å². The quantitative estimate of drug-likeness (QED) is 0.910. The first kappa shape index (κ1) is 14.0. The number of hydrogen-bond donors (Lipinski definition) is 2. The molecule has 1 atom stereocenters. The van der Waals surface area contributed by atoms with Gasteiger partial charge in [-0.25, -0.2) is 13.1 Å². The predicted molar refractivity (Wildman–Crippen MR) is 73.5 cm³/mol. The molecule has 0 fully saturated rings. The topological polar surface area (TPSA) is 74.8 Å². The molecule has 1 unspecified atom stereocenters. The van der Waals surface area contributed by atoms with Crippen LogP contribution < -0.4 is 4.72 Å². The van der Waals surface area contributed by atoms with E-state index in [1.54, 1.807) is 32.0 Å². The lowest BCUT2D eigenvalue weighted by Gasteiger charge is -2.14. The Morgan fingerprint density at radius 1 is 1.42 bits per heavy atom. The minimum absolute atomic E-state index is 0.154. The molecule has 5 nitrogen and oxygen atoms in total. The summed E-state index contributed by atoms with van der Waals surface area (Å²) in [7, 11) is -3.59. The van der Waals surface area contributed by atoms with E-state index in [4.69, 9.17) is 11.6 Å². The highest BCUT2D eigenvalue weighted by atomic mass is 35.5. The molecule has 0 aliphatic heterocycles. The second-order valence-electron chi connectivity index (χ2n) is 4.26. The van der Waals surface area contributed by atoms with Crippen molar-refractivity contribution in [3.05, 3.63) is 46.7 Å². The third kappa shape index (κ3) is 3.15. The summed E-state index contributed by atoms with van der Waals surface area (Å²) in [6.45, 7) is 3.42. The summed E-state index contributed by atoms with van der Waals surface area (Å²) in [5.41, 5.74) is 1.31. The maximum absolute atomic E-state index is 12.2. The van der Waals surface area contributed by atoms with Crippen LogP contribution in [-0.2, 0) is 10.0 Å². The zero-order valence-corrected chi connectivity index (χ0v) is 12.1. The van der Waals surface area contributed by atoms with Crippen LogP contribution >= 0.6 is 11.6 Å². The van der Waals surface area contributed by atoms with Crippen molar-refractivity contribution in [1.82, 2.24) is 14.9 Å². The third-order valence-electron chi connectivity index (χ3n) is 2.75. The Bertz CT molecular complexity index is 682. The molecule has 0 radical (unpaired) electrons. The van der Waals surface area contributed by atoms with Crippen molar-refractivity contribution in [1.29, 1.82) is 0 Å². The van der Waals surface area contributed by atoms with Gasteiger partial charge in [-0.05, 0) is 31.5 Å². The van der Waals surface area contributed by atoms with Crippen molar-refractivity contribution in [2.24, 2.45) is 0 Å². The van der Waals surface area contributed by atoms with E-state index in [1.165, 1.54) is 6.20 Å². The fraction of sp³-hybridized carbons (Fsp3) is 0.250. The van der Waals surface area contributed by atoms with E-state index < -0.39 is 10.0 Å². The second kappa shape index (κ2) is 5.32. The Balaban J connectivity index is 2.24. The Morgan fingerprint density at radius 2 is 2.16 bits per heavy atom. The summed E-state index contributed by atoms with van der Waals surface area (Å²) in [5, 5.41) is 6.90. The van der Waals surface area contributed by atoms with Gasteiger partial charge < -0.3 is 0 Å². The van der Waals surface area contributed by atoms with Crippen molar-refractivity contribution in [2.45, 2.75) is 24.8 Å². The summed E-state index contributed by atoms with van der Waals surface area (Å²) >= 11 is 5.89. The molecule has 102 valence electrons. The van der Waals surface area contributed by atoms with Gasteiger partial charge in [-0.2, -0.15) is 5.10 Å². The lowest BCUT2D eigenvalue weighted by Crippen LogP contribution is -2.27. The van der Waals surface area contributed by atoms with Gasteiger partial charge in [0, 0.05) is 11.1 Å². The predicted octanol–water partition coefficient (Wildman–Crippen LogP) is 2.41. The number of aromatic amines is 1. The molecule has 0 bridgehead atoms. The number of rotatable bonds is 4. The Kier molecular flexibility index (Phi) is 3.93. The van der Waals surface area contributed by atoms with Crippen molar-refractivity contribution < 1.29 is 8.42 Å². The van der Waals surface area contributed by atoms with Crippen LogP contribution in [0, 0.1) is 6.92 Å². The summed E-state index contributed by atoms with van der Waals surface area (Å²) in [4.78, 5) is 0.154. The molecule has 0 saturated heterocycles. The van der Waals surface area contributed by atoms with Crippen LogP contribution in [0.1, 0.15) is 24.2 Å². The monoisotopic (exact) mass is 299 g/mol. The summed E-state index contributed by atoms with van der Waals surface area (Å²) in [6.07, 6.45) is 1.29. The van der Waals surface area contributed by atoms with Gasteiger partial charge in [-0.1, -0.05) is 23.7 Å². The first-order valence-electron chi connectivity index (χ1n) is 5.68. The fourth-order valence-corrected chi connectivity index (χ4v) is 3.32. The largest absolute Gasteiger partial charge is 0.281 e. The Hall–Kier alpha value is -1.37. The van der Waals surface area contributed by atoms with E-state index in [-0.39, 0.29) is 10.9 Å². The van der Waals surface area contributed by atoms with Crippen molar-refractivity contribution in [3.8, 4) is 0 Å². The minimum Gasteiger partial charge on any atom is -0.281 e. The summed E-state index contributed by atoms with van der Waals surface area (Å²) < 4.78 is 27.0. The molecule has 2 rings (SSSR count). The van der Waals surface area contributed by atoms with Crippen LogP contribution in [-0.4, -0.2) is 18.6 Å². The van der Waals surface area contributed by atoms with Gasteiger partial charge in [-0.3, -0.25) is 5.10 Å². The highest BCUT2D eigenvalue weighted by molar-refractivity contribution is 7.89. The number of benzene rings is 1. The van der Waals surface area contributed by atoms with Gasteiger partial charge in [0.05, 0.1) is 11.9 Å². The number of H-pyrrole nitrogens is 1. The van der Waals surface area contributed by atoms with Crippen molar-refractivity contribution >= 4 is 21.6 Å². The molecule has 2 aromatic rings. The molecular weight excluding hydrogens is 286 g/mol. The maximum Gasteiger partial charge on any atom is 0.244 e. The Morgan fingerprint density at radius 3 is 2.74 bits per heavy atom. The molecule has 0 amide bonds. The van der Waals surface area contributed by atoms with Crippen LogP contribution in [0.5, 0.6) is 0 Å². The van der Waals surface area contributed by atoms with E-state index in [2.05, 4.69) is 14.9 Å². The smallest absolute Gasteiger partial charge is 0.244 e. The number of aromatic nitrogens is 2. The van der Waals surface area contributed by atoms with Gasteiger partial charge in [0.15, 0.2) is 0 Å². The fourth-order valence-electron chi connectivity index (χ4n) is 1.75. The standard InChI is InChI=1S/C12H14ClN3O2S/c1-8(10-4-3-5-11(13)6-10)16-19(17,18)12-7-14-15-9(12)2/h3-8,16H,1-2H3,(H,14,15).